The van der Waals surface area contributed by atoms with Crippen LogP contribution in [0.15, 0.2) is 48.7 Å². The molecule has 142 valence electrons. The average molecular weight is 376 g/mol. The summed E-state index contributed by atoms with van der Waals surface area (Å²) in [6.07, 6.45) is 2.69. The van der Waals surface area contributed by atoms with Crippen molar-refractivity contribution in [2.45, 2.75) is 26.9 Å². The zero-order valence-electron chi connectivity index (χ0n) is 15.8. The molecule has 0 fully saturated rings. The van der Waals surface area contributed by atoms with Gasteiger partial charge in [0.1, 0.15) is 12.4 Å². The number of aromatic nitrogens is 1. The first-order chi connectivity index (χ1) is 13.5. The maximum absolute atomic E-state index is 11.1. The van der Waals surface area contributed by atoms with Crippen LogP contribution in [-0.2, 0) is 13.0 Å². The molecule has 0 N–H and O–H groups in total. The van der Waals surface area contributed by atoms with Gasteiger partial charge in [-0.05, 0) is 47.7 Å². The molecule has 28 heavy (non-hydrogen) atoms. The predicted molar refractivity (Wildman–Crippen MR) is 106 cm³/mol. The Balaban J connectivity index is 1.56. The lowest BCUT2D eigenvalue weighted by Gasteiger charge is -2.12. The van der Waals surface area contributed by atoms with Crippen molar-refractivity contribution >= 4 is 5.69 Å². The highest BCUT2D eigenvalue weighted by Crippen LogP contribution is 2.32. The van der Waals surface area contributed by atoms with E-state index in [9.17, 15) is 10.1 Å². The Kier molecular flexibility index (Phi) is 4.69. The van der Waals surface area contributed by atoms with Gasteiger partial charge >= 0.3 is 0 Å². The smallest absolute Gasteiger partial charge is 0.269 e. The second-order valence-corrected chi connectivity index (χ2v) is 6.93. The van der Waals surface area contributed by atoms with Crippen LogP contribution in [0.5, 0.6) is 11.6 Å². The van der Waals surface area contributed by atoms with Crippen LogP contribution in [0.4, 0.5) is 5.69 Å². The molecule has 6 heteroatoms. The number of aryl methyl sites for hydroxylation is 2. The van der Waals surface area contributed by atoms with Crippen molar-refractivity contribution in [2.24, 2.45) is 0 Å². The molecule has 1 aliphatic heterocycles. The molecule has 0 bridgehead atoms. The maximum atomic E-state index is 11.1. The molecule has 0 radical (unpaired) electrons. The molecule has 0 aliphatic carbocycles. The first-order valence-corrected chi connectivity index (χ1v) is 9.11. The zero-order chi connectivity index (χ0) is 19.7. The molecule has 1 aliphatic rings. The molecule has 1 aromatic heterocycles. The lowest BCUT2D eigenvalue weighted by atomic mass is 9.94. The number of rotatable bonds is 5. The van der Waals surface area contributed by atoms with Gasteiger partial charge in [-0.2, -0.15) is 0 Å². The summed E-state index contributed by atoms with van der Waals surface area (Å²) in [4.78, 5) is 15.0. The third kappa shape index (κ3) is 3.53. The molecule has 0 unspecified atom stereocenters. The van der Waals surface area contributed by atoms with Crippen molar-refractivity contribution in [3.63, 3.8) is 0 Å². The van der Waals surface area contributed by atoms with Crippen LogP contribution in [0.3, 0.4) is 0 Å². The molecular weight excluding hydrogens is 356 g/mol. The normalized spacial score (nSPS) is 12.4. The Hall–Kier alpha value is -3.41. The van der Waals surface area contributed by atoms with Gasteiger partial charge in [0.05, 0.1) is 11.5 Å². The minimum Gasteiger partial charge on any atom is -0.493 e. The Morgan fingerprint density at radius 2 is 1.96 bits per heavy atom. The number of pyridine rings is 1. The quantitative estimate of drug-likeness (QED) is 0.473. The molecular formula is C22H20N2O4. The lowest BCUT2D eigenvalue weighted by Crippen LogP contribution is -1.99. The largest absolute Gasteiger partial charge is 0.493 e. The average Bonchev–Trinajstić information content (AvgIpc) is 3.14. The SMILES string of the molecule is Cc1cc([N+](=O)[O-])cc(C)c1-c1cccc(COc2cc3c(cn2)CCO3)c1. The molecule has 0 saturated heterocycles. The number of nitrogens with zero attached hydrogens (tertiary/aromatic N) is 2. The van der Waals surface area contributed by atoms with Gasteiger partial charge in [-0.1, -0.05) is 18.2 Å². The Morgan fingerprint density at radius 3 is 2.71 bits per heavy atom. The number of fused-ring (bicyclic) bond motifs is 1. The summed E-state index contributed by atoms with van der Waals surface area (Å²) in [5.41, 5.74) is 6.00. The van der Waals surface area contributed by atoms with E-state index in [1.807, 2.05) is 44.2 Å². The van der Waals surface area contributed by atoms with Crippen molar-refractivity contribution in [2.75, 3.05) is 6.61 Å². The number of hydrogen-bond acceptors (Lipinski definition) is 5. The summed E-state index contributed by atoms with van der Waals surface area (Å²) in [5, 5.41) is 11.1. The van der Waals surface area contributed by atoms with Crippen LogP contribution in [0.1, 0.15) is 22.3 Å². The maximum Gasteiger partial charge on any atom is 0.269 e. The second kappa shape index (κ2) is 7.31. The van der Waals surface area contributed by atoms with Crippen LogP contribution < -0.4 is 9.47 Å². The van der Waals surface area contributed by atoms with E-state index >= 15 is 0 Å². The minimum absolute atomic E-state index is 0.114. The summed E-state index contributed by atoms with van der Waals surface area (Å²) < 4.78 is 11.4. The number of nitro groups is 1. The van der Waals surface area contributed by atoms with Crippen LogP contribution in [0, 0.1) is 24.0 Å². The van der Waals surface area contributed by atoms with Gasteiger partial charge in [0.15, 0.2) is 0 Å². The van der Waals surface area contributed by atoms with Crippen molar-refractivity contribution in [3.8, 4) is 22.8 Å². The number of non-ortho nitro benzene ring substituents is 1. The van der Waals surface area contributed by atoms with Gasteiger partial charge in [0.25, 0.3) is 5.69 Å². The van der Waals surface area contributed by atoms with Crippen LogP contribution in [0.2, 0.25) is 0 Å². The van der Waals surface area contributed by atoms with E-state index in [-0.39, 0.29) is 10.6 Å². The molecule has 2 aromatic carbocycles. The van der Waals surface area contributed by atoms with Crippen LogP contribution in [0.25, 0.3) is 11.1 Å². The van der Waals surface area contributed by atoms with Crippen LogP contribution >= 0.6 is 0 Å². The molecule has 3 aromatic rings. The van der Waals surface area contributed by atoms with E-state index in [4.69, 9.17) is 9.47 Å². The van der Waals surface area contributed by atoms with Gasteiger partial charge in [0, 0.05) is 36.4 Å². The Bertz CT molecular complexity index is 1040. The summed E-state index contributed by atoms with van der Waals surface area (Å²) in [6.45, 7) is 4.86. The standard InChI is InChI=1S/C22H20N2O4/c1-14-8-19(24(25)26)9-15(2)22(14)17-5-3-4-16(10-17)13-28-21-11-20-18(12-23-21)6-7-27-20/h3-5,8-12H,6-7,13H2,1-2H3. The van der Waals surface area contributed by atoms with E-state index in [2.05, 4.69) is 4.98 Å². The van der Waals surface area contributed by atoms with Crippen LogP contribution in [-0.4, -0.2) is 16.5 Å². The predicted octanol–water partition coefficient (Wildman–Crippen LogP) is 4.79. The zero-order valence-corrected chi connectivity index (χ0v) is 15.8. The number of ether oxygens (including phenoxy) is 2. The first kappa shape index (κ1) is 18.0. The monoisotopic (exact) mass is 376 g/mol. The van der Waals surface area contributed by atoms with Gasteiger partial charge in [-0.3, -0.25) is 10.1 Å². The van der Waals surface area contributed by atoms with Crippen molar-refractivity contribution in [1.29, 1.82) is 0 Å². The highest BCUT2D eigenvalue weighted by atomic mass is 16.6. The number of hydrogen-bond donors (Lipinski definition) is 0. The fourth-order valence-corrected chi connectivity index (χ4v) is 3.59. The highest BCUT2D eigenvalue weighted by Gasteiger charge is 2.15. The Morgan fingerprint density at radius 1 is 1.18 bits per heavy atom. The summed E-state index contributed by atoms with van der Waals surface area (Å²) in [7, 11) is 0. The number of benzene rings is 2. The summed E-state index contributed by atoms with van der Waals surface area (Å²) in [6, 6.07) is 13.1. The van der Waals surface area contributed by atoms with Gasteiger partial charge in [-0.25, -0.2) is 4.98 Å². The molecule has 0 saturated carbocycles. The van der Waals surface area contributed by atoms with Gasteiger partial charge < -0.3 is 9.47 Å². The van der Waals surface area contributed by atoms with E-state index < -0.39 is 0 Å². The molecule has 4 rings (SSSR count). The topological polar surface area (TPSA) is 74.5 Å². The highest BCUT2D eigenvalue weighted by molar-refractivity contribution is 5.73. The third-order valence-corrected chi connectivity index (χ3v) is 4.88. The van der Waals surface area contributed by atoms with E-state index in [1.54, 1.807) is 18.3 Å². The van der Waals surface area contributed by atoms with Crippen molar-refractivity contribution < 1.29 is 14.4 Å². The molecule has 2 heterocycles. The van der Waals surface area contributed by atoms with Gasteiger partial charge in [0.2, 0.25) is 5.88 Å². The molecule has 0 spiro atoms. The third-order valence-electron chi connectivity index (χ3n) is 4.88. The van der Waals surface area contributed by atoms with E-state index in [0.29, 0.717) is 19.1 Å². The van der Waals surface area contributed by atoms with E-state index in [1.165, 1.54) is 0 Å². The van der Waals surface area contributed by atoms with Crippen molar-refractivity contribution in [1.82, 2.24) is 4.98 Å². The van der Waals surface area contributed by atoms with E-state index in [0.717, 1.165) is 45.6 Å². The fourth-order valence-electron chi connectivity index (χ4n) is 3.59. The lowest BCUT2D eigenvalue weighted by molar-refractivity contribution is -0.384. The summed E-state index contributed by atoms with van der Waals surface area (Å²) >= 11 is 0. The second-order valence-electron chi connectivity index (χ2n) is 6.93. The summed E-state index contributed by atoms with van der Waals surface area (Å²) in [5.74, 6) is 1.38. The fraction of sp³-hybridized carbons (Fsp3) is 0.227. The minimum atomic E-state index is -0.360. The van der Waals surface area contributed by atoms with Crippen molar-refractivity contribution in [3.05, 3.63) is 81.0 Å². The molecule has 0 amide bonds. The number of nitro benzene ring substituents is 1. The Labute approximate surface area is 162 Å². The molecule has 6 nitrogen and oxygen atoms in total. The van der Waals surface area contributed by atoms with Gasteiger partial charge in [-0.15, -0.1) is 0 Å². The first-order valence-electron chi connectivity index (χ1n) is 9.11. The molecule has 0 atom stereocenters.